The Bertz CT molecular complexity index is 1050. The minimum Gasteiger partial charge on any atom is -0.444 e. The summed E-state index contributed by atoms with van der Waals surface area (Å²) in [6, 6.07) is 8.95. The maximum atomic E-state index is 13.8. The van der Waals surface area contributed by atoms with Crippen LogP contribution in [0.4, 0.5) is 9.59 Å². The van der Waals surface area contributed by atoms with Gasteiger partial charge in [0.15, 0.2) is 5.72 Å². The van der Waals surface area contributed by atoms with Crippen LogP contribution in [0.3, 0.4) is 0 Å². The number of nitrogens with one attached hydrogen (secondary N) is 1. The van der Waals surface area contributed by atoms with E-state index in [4.69, 9.17) is 14.2 Å². The summed E-state index contributed by atoms with van der Waals surface area (Å²) in [6.07, 6.45) is 1.53. The minimum absolute atomic E-state index is 0.0520. The van der Waals surface area contributed by atoms with Gasteiger partial charge in [-0.2, -0.15) is 0 Å². The summed E-state index contributed by atoms with van der Waals surface area (Å²) in [7, 11) is 0. The van der Waals surface area contributed by atoms with Crippen molar-refractivity contribution < 1.29 is 28.6 Å². The first-order valence-electron chi connectivity index (χ1n) is 13.9. The molecule has 1 aliphatic heterocycles. The first-order valence-corrected chi connectivity index (χ1v) is 13.9. The van der Waals surface area contributed by atoms with Crippen LogP contribution in [0.15, 0.2) is 30.3 Å². The number of ketones is 1. The summed E-state index contributed by atoms with van der Waals surface area (Å²) in [5.74, 6) is 0.392. The molecule has 1 aromatic rings. The molecule has 210 valence electrons. The maximum absolute atomic E-state index is 13.8. The Kier molecular flexibility index (Phi) is 7.60. The number of nitrogens with zero attached hydrogens (tertiary/aromatic N) is 1. The second-order valence-electron chi connectivity index (χ2n) is 12.7. The van der Waals surface area contributed by atoms with Crippen LogP contribution in [0.5, 0.6) is 0 Å². The highest BCUT2D eigenvalue weighted by atomic mass is 16.6. The van der Waals surface area contributed by atoms with Crippen LogP contribution in [0.1, 0.15) is 79.7 Å². The van der Waals surface area contributed by atoms with E-state index in [1.165, 1.54) is 0 Å². The topological polar surface area (TPSA) is 94.2 Å². The number of carbonyl (C=O) groups excluding carboxylic acids is 3. The molecule has 5 atom stereocenters. The monoisotopic (exact) mass is 528 g/mol. The Morgan fingerprint density at radius 2 is 1.79 bits per heavy atom. The molecular formula is C30H44N2O6. The van der Waals surface area contributed by atoms with E-state index in [9.17, 15) is 14.4 Å². The number of likely N-dealkylation sites (tertiary alicyclic amines) is 1. The van der Waals surface area contributed by atoms with Gasteiger partial charge in [0, 0.05) is 30.9 Å². The van der Waals surface area contributed by atoms with Gasteiger partial charge in [0.1, 0.15) is 18.0 Å². The second kappa shape index (κ2) is 10.2. The van der Waals surface area contributed by atoms with Gasteiger partial charge in [-0.05, 0) is 63.9 Å². The van der Waals surface area contributed by atoms with Gasteiger partial charge < -0.3 is 19.5 Å². The second-order valence-corrected chi connectivity index (χ2v) is 12.7. The van der Waals surface area contributed by atoms with E-state index < -0.39 is 35.0 Å². The Balaban J connectivity index is 1.68. The molecule has 4 rings (SSSR count). The zero-order chi connectivity index (χ0) is 27.9. The number of hydrogen-bond donors (Lipinski definition) is 1. The molecule has 1 heterocycles. The molecule has 0 radical (unpaired) electrons. The lowest BCUT2D eigenvalue weighted by Gasteiger charge is -2.45. The van der Waals surface area contributed by atoms with Crippen LogP contribution in [0, 0.1) is 22.7 Å². The molecule has 0 aromatic heterocycles. The normalized spacial score (nSPS) is 31.9. The van der Waals surface area contributed by atoms with Crippen LogP contribution in [-0.2, 0) is 25.6 Å². The third-order valence-electron chi connectivity index (χ3n) is 8.99. The quantitative estimate of drug-likeness (QED) is 0.489. The maximum Gasteiger partial charge on any atom is 0.412 e. The third kappa shape index (κ3) is 4.92. The van der Waals surface area contributed by atoms with Crippen molar-refractivity contribution >= 4 is 18.0 Å². The molecule has 1 saturated heterocycles. The van der Waals surface area contributed by atoms with Gasteiger partial charge in [-0.15, -0.1) is 0 Å². The van der Waals surface area contributed by atoms with Crippen molar-refractivity contribution in [2.75, 3.05) is 13.2 Å². The first kappa shape index (κ1) is 28.4. The standard InChI is InChI=1S/C30H44N2O6/c1-8-37-30(19-29-22(28(29,6)7)15-14-20(2)24(29)33)23(31-25(34)38-27(3,4)5)16-17-32(30)26(35)36-18-21-12-10-9-11-13-21/h9-13,20,22-23H,8,14-19H2,1-7H3,(H,31,34)/t20?,22?,23-,29?,30+/m1/s1. The largest absolute Gasteiger partial charge is 0.444 e. The zero-order valence-electron chi connectivity index (χ0n) is 24.0. The molecule has 0 bridgehead atoms. The zero-order valence-corrected chi connectivity index (χ0v) is 24.0. The minimum atomic E-state index is -1.24. The van der Waals surface area contributed by atoms with E-state index in [0.717, 1.165) is 18.4 Å². The number of rotatable bonds is 7. The lowest BCUT2D eigenvalue weighted by atomic mass is 9.73. The first-order chi connectivity index (χ1) is 17.8. The van der Waals surface area contributed by atoms with Gasteiger partial charge in [-0.1, -0.05) is 51.1 Å². The molecule has 2 amide bonds. The highest BCUT2D eigenvalue weighted by Crippen LogP contribution is 2.77. The number of carbonyl (C=O) groups is 3. The van der Waals surface area contributed by atoms with Gasteiger partial charge in [0.2, 0.25) is 0 Å². The fraction of sp³-hybridized carbons (Fsp3) is 0.700. The van der Waals surface area contributed by atoms with E-state index in [-0.39, 0.29) is 29.6 Å². The molecule has 8 heteroatoms. The van der Waals surface area contributed by atoms with Gasteiger partial charge in [-0.25, -0.2) is 9.59 Å². The number of ether oxygens (including phenoxy) is 3. The van der Waals surface area contributed by atoms with E-state index in [2.05, 4.69) is 19.2 Å². The third-order valence-corrected chi connectivity index (χ3v) is 8.99. The molecule has 0 spiro atoms. The lowest BCUT2D eigenvalue weighted by Crippen LogP contribution is -2.62. The fourth-order valence-corrected chi connectivity index (χ4v) is 7.12. The molecule has 38 heavy (non-hydrogen) atoms. The Morgan fingerprint density at radius 3 is 2.42 bits per heavy atom. The SMILES string of the molecule is CCO[C@@]1(CC23C(=O)C(C)CCC2C3(C)C)[C@H](NC(=O)OC(C)(C)C)CCN1C(=O)OCc1ccccc1. The summed E-state index contributed by atoms with van der Waals surface area (Å²) in [4.78, 5) is 42.0. The molecule has 8 nitrogen and oxygen atoms in total. The molecule has 2 aliphatic carbocycles. The van der Waals surface area contributed by atoms with Crippen molar-refractivity contribution in [1.82, 2.24) is 10.2 Å². The Hall–Kier alpha value is -2.61. The average molecular weight is 529 g/mol. The number of hydrogen-bond acceptors (Lipinski definition) is 6. The molecule has 3 fully saturated rings. The van der Waals surface area contributed by atoms with Crippen molar-refractivity contribution in [3.63, 3.8) is 0 Å². The predicted molar refractivity (Wildman–Crippen MR) is 143 cm³/mol. The molecule has 2 saturated carbocycles. The number of alkyl carbamates (subject to hydrolysis) is 1. The van der Waals surface area contributed by atoms with Gasteiger partial charge in [0.05, 0.1) is 6.04 Å². The van der Waals surface area contributed by atoms with E-state index >= 15 is 0 Å². The van der Waals surface area contributed by atoms with Crippen molar-refractivity contribution in [3.8, 4) is 0 Å². The number of amides is 2. The number of benzene rings is 1. The van der Waals surface area contributed by atoms with Crippen LogP contribution < -0.4 is 5.32 Å². The van der Waals surface area contributed by atoms with E-state index in [1.54, 1.807) is 4.90 Å². The van der Waals surface area contributed by atoms with E-state index in [0.29, 0.717) is 26.0 Å². The van der Waals surface area contributed by atoms with E-state index in [1.807, 2.05) is 65.0 Å². The molecule has 3 unspecified atom stereocenters. The van der Waals surface area contributed by atoms with Gasteiger partial charge in [0.25, 0.3) is 0 Å². The van der Waals surface area contributed by atoms with Crippen molar-refractivity contribution in [3.05, 3.63) is 35.9 Å². The average Bonchev–Trinajstić information content (AvgIpc) is 3.12. The number of Topliss-reactive ketones (excluding diaryl/α,β-unsaturated/α-hetero) is 1. The van der Waals surface area contributed by atoms with Crippen LogP contribution in [0.25, 0.3) is 0 Å². The predicted octanol–water partition coefficient (Wildman–Crippen LogP) is 5.69. The Labute approximate surface area is 226 Å². The van der Waals surface area contributed by atoms with Crippen molar-refractivity contribution in [2.24, 2.45) is 22.7 Å². The summed E-state index contributed by atoms with van der Waals surface area (Å²) >= 11 is 0. The number of fused-ring (bicyclic) bond motifs is 1. The van der Waals surface area contributed by atoms with Crippen LogP contribution in [0.2, 0.25) is 0 Å². The molecule has 1 N–H and O–H groups in total. The molecule has 1 aromatic carbocycles. The van der Waals surface area contributed by atoms with Crippen LogP contribution in [-0.4, -0.2) is 53.4 Å². The highest BCUT2D eigenvalue weighted by molar-refractivity contribution is 5.92. The summed E-state index contributed by atoms with van der Waals surface area (Å²) < 4.78 is 17.8. The van der Waals surface area contributed by atoms with Crippen LogP contribution >= 0.6 is 0 Å². The van der Waals surface area contributed by atoms with Crippen molar-refractivity contribution in [1.29, 1.82) is 0 Å². The Morgan fingerprint density at radius 1 is 1.11 bits per heavy atom. The highest BCUT2D eigenvalue weighted by Gasteiger charge is 2.78. The molecule has 3 aliphatic rings. The smallest absolute Gasteiger partial charge is 0.412 e. The van der Waals surface area contributed by atoms with Gasteiger partial charge >= 0.3 is 12.2 Å². The fourth-order valence-electron chi connectivity index (χ4n) is 7.12. The molecular weight excluding hydrogens is 484 g/mol. The van der Waals surface area contributed by atoms with Gasteiger partial charge in [-0.3, -0.25) is 9.69 Å². The lowest BCUT2D eigenvalue weighted by molar-refractivity contribution is -0.162. The summed E-state index contributed by atoms with van der Waals surface area (Å²) in [5.41, 5.74) is -1.89. The summed E-state index contributed by atoms with van der Waals surface area (Å²) in [5, 5.41) is 3.00. The van der Waals surface area contributed by atoms with Crippen molar-refractivity contribution in [2.45, 2.75) is 98.1 Å². The summed E-state index contributed by atoms with van der Waals surface area (Å²) in [6.45, 7) is 14.4.